The predicted octanol–water partition coefficient (Wildman–Crippen LogP) is 3.52. The zero-order chi connectivity index (χ0) is 14.7. The highest BCUT2D eigenvalue weighted by atomic mass is 35.5. The van der Waals surface area contributed by atoms with Crippen LogP contribution in [0.3, 0.4) is 0 Å². The van der Waals surface area contributed by atoms with Crippen molar-refractivity contribution in [3.8, 4) is 0 Å². The second kappa shape index (κ2) is 6.41. The van der Waals surface area contributed by atoms with Crippen LogP contribution in [0.1, 0.15) is 31.2 Å². The highest BCUT2D eigenvalue weighted by Gasteiger charge is 2.23. The van der Waals surface area contributed by atoms with Crippen molar-refractivity contribution in [2.45, 2.75) is 38.7 Å². The minimum absolute atomic E-state index is 0.00393. The first kappa shape index (κ1) is 15.1. The zero-order valence-electron chi connectivity index (χ0n) is 11.4. The molecule has 2 N–H and O–H groups in total. The minimum atomic E-state index is -0.451. The third-order valence-corrected chi connectivity index (χ3v) is 4.19. The summed E-state index contributed by atoms with van der Waals surface area (Å²) < 4.78 is 0. The summed E-state index contributed by atoms with van der Waals surface area (Å²) in [6, 6.07) is 2.86. The van der Waals surface area contributed by atoms with Crippen molar-refractivity contribution in [2.24, 2.45) is 5.92 Å². The van der Waals surface area contributed by atoms with Gasteiger partial charge in [0.2, 0.25) is 0 Å². The molecule has 0 saturated heterocycles. The molecule has 2 atom stereocenters. The number of aryl methyl sites for hydroxylation is 1. The Hall–Kier alpha value is -1.33. The number of non-ortho nitro benzene ring substituents is 1. The molecule has 0 spiro atoms. The molecule has 1 aliphatic carbocycles. The monoisotopic (exact) mass is 298 g/mol. The molecule has 0 heterocycles. The van der Waals surface area contributed by atoms with E-state index in [1.807, 2.05) is 0 Å². The van der Waals surface area contributed by atoms with Crippen molar-refractivity contribution in [1.82, 2.24) is 0 Å². The molecular formula is C14H19ClN2O3. The highest BCUT2D eigenvalue weighted by molar-refractivity contribution is 6.33. The largest absolute Gasteiger partial charge is 0.393 e. The number of nitro benzene ring substituents is 1. The molecule has 1 fully saturated rings. The van der Waals surface area contributed by atoms with Crippen molar-refractivity contribution >= 4 is 23.0 Å². The van der Waals surface area contributed by atoms with E-state index in [4.69, 9.17) is 11.6 Å². The van der Waals surface area contributed by atoms with Gasteiger partial charge in [-0.3, -0.25) is 10.1 Å². The number of rotatable bonds is 4. The van der Waals surface area contributed by atoms with E-state index in [1.165, 1.54) is 12.1 Å². The van der Waals surface area contributed by atoms with Gasteiger partial charge in [0.15, 0.2) is 0 Å². The van der Waals surface area contributed by atoms with Crippen molar-refractivity contribution in [3.63, 3.8) is 0 Å². The molecular weight excluding hydrogens is 280 g/mol. The van der Waals surface area contributed by atoms with Gasteiger partial charge in [-0.05, 0) is 25.3 Å². The fraction of sp³-hybridized carbons (Fsp3) is 0.571. The van der Waals surface area contributed by atoms with Gasteiger partial charge in [-0.15, -0.1) is 0 Å². The van der Waals surface area contributed by atoms with Crippen LogP contribution in [0.15, 0.2) is 12.1 Å². The van der Waals surface area contributed by atoms with Crippen LogP contribution in [0.4, 0.5) is 11.4 Å². The highest BCUT2D eigenvalue weighted by Crippen LogP contribution is 2.32. The van der Waals surface area contributed by atoms with Crippen LogP contribution in [-0.2, 0) is 0 Å². The summed E-state index contributed by atoms with van der Waals surface area (Å²) in [7, 11) is 0. The summed E-state index contributed by atoms with van der Waals surface area (Å²) in [5.74, 6) is 0.217. The van der Waals surface area contributed by atoms with E-state index in [9.17, 15) is 15.2 Å². The van der Waals surface area contributed by atoms with Crippen LogP contribution in [0.2, 0.25) is 5.02 Å². The molecule has 0 bridgehead atoms. The van der Waals surface area contributed by atoms with Crippen molar-refractivity contribution in [1.29, 1.82) is 0 Å². The lowest BCUT2D eigenvalue weighted by Gasteiger charge is -2.28. The molecule has 0 aromatic heterocycles. The lowest BCUT2D eigenvalue weighted by atomic mass is 9.86. The molecule has 1 aromatic rings. The molecule has 2 unspecified atom stereocenters. The maximum atomic E-state index is 10.8. The summed E-state index contributed by atoms with van der Waals surface area (Å²) in [4.78, 5) is 10.3. The van der Waals surface area contributed by atoms with E-state index in [0.717, 1.165) is 36.9 Å². The molecule has 110 valence electrons. The number of hydrogen-bond donors (Lipinski definition) is 2. The normalized spacial score (nSPS) is 22.6. The summed E-state index contributed by atoms with van der Waals surface area (Å²) >= 11 is 6.10. The summed E-state index contributed by atoms with van der Waals surface area (Å²) in [6.07, 6.45) is 3.79. The Morgan fingerprint density at radius 2 is 2.15 bits per heavy atom. The number of benzene rings is 1. The standard InChI is InChI=1S/C14H19ClN2O3/c1-9-6-11(17(19)20)7-12(15)14(9)16-8-10-4-2-3-5-13(10)18/h6-7,10,13,16,18H,2-5,8H2,1H3. The number of nitrogens with one attached hydrogen (secondary N) is 1. The fourth-order valence-electron chi connectivity index (χ4n) is 2.71. The molecule has 0 radical (unpaired) electrons. The second-order valence-electron chi connectivity index (χ2n) is 5.37. The lowest BCUT2D eigenvalue weighted by molar-refractivity contribution is -0.384. The van der Waals surface area contributed by atoms with Gasteiger partial charge in [-0.1, -0.05) is 24.4 Å². The van der Waals surface area contributed by atoms with Gasteiger partial charge >= 0.3 is 0 Å². The van der Waals surface area contributed by atoms with Crippen LogP contribution < -0.4 is 5.32 Å². The maximum absolute atomic E-state index is 10.8. The van der Waals surface area contributed by atoms with Gasteiger partial charge in [-0.2, -0.15) is 0 Å². The number of nitro groups is 1. The van der Waals surface area contributed by atoms with Crippen molar-refractivity contribution in [3.05, 3.63) is 32.8 Å². The van der Waals surface area contributed by atoms with E-state index < -0.39 is 4.92 Å². The average molecular weight is 299 g/mol. The molecule has 0 amide bonds. The number of aliphatic hydroxyl groups excluding tert-OH is 1. The second-order valence-corrected chi connectivity index (χ2v) is 5.78. The molecule has 1 saturated carbocycles. The number of hydrogen-bond acceptors (Lipinski definition) is 4. The van der Waals surface area contributed by atoms with Crippen LogP contribution >= 0.6 is 11.6 Å². The number of aliphatic hydroxyl groups is 1. The van der Waals surface area contributed by atoms with Crippen LogP contribution in [0.5, 0.6) is 0 Å². The van der Waals surface area contributed by atoms with Gasteiger partial charge in [0.1, 0.15) is 0 Å². The van der Waals surface area contributed by atoms with E-state index in [2.05, 4.69) is 5.32 Å². The van der Waals surface area contributed by atoms with E-state index in [1.54, 1.807) is 6.92 Å². The SMILES string of the molecule is Cc1cc([N+](=O)[O-])cc(Cl)c1NCC1CCCCC1O. The molecule has 20 heavy (non-hydrogen) atoms. The first-order valence-electron chi connectivity index (χ1n) is 6.85. The number of halogens is 1. The van der Waals surface area contributed by atoms with Crippen molar-refractivity contribution < 1.29 is 10.0 Å². The maximum Gasteiger partial charge on any atom is 0.271 e. The Labute approximate surface area is 123 Å². The number of anilines is 1. The average Bonchev–Trinajstić information content (AvgIpc) is 2.39. The van der Waals surface area contributed by atoms with Gasteiger partial charge in [0, 0.05) is 24.6 Å². The summed E-state index contributed by atoms with van der Waals surface area (Å²) in [5, 5.41) is 24.3. The molecule has 0 aliphatic heterocycles. The number of nitrogens with zero attached hydrogens (tertiary/aromatic N) is 1. The van der Waals surface area contributed by atoms with Gasteiger partial charge in [-0.25, -0.2) is 0 Å². The topological polar surface area (TPSA) is 75.4 Å². The summed E-state index contributed by atoms with van der Waals surface area (Å²) in [6.45, 7) is 2.43. The Morgan fingerprint density at radius 1 is 1.45 bits per heavy atom. The quantitative estimate of drug-likeness (QED) is 0.659. The first-order chi connectivity index (χ1) is 9.49. The Kier molecular flexibility index (Phi) is 4.83. The molecule has 6 heteroatoms. The molecule has 2 rings (SSSR count). The Morgan fingerprint density at radius 3 is 2.75 bits per heavy atom. The van der Waals surface area contributed by atoms with Crippen molar-refractivity contribution in [2.75, 3.05) is 11.9 Å². The lowest BCUT2D eigenvalue weighted by Crippen LogP contribution is -2.30. The Balaban J connectivity index is 2.07. The molecule has 1 aliphatic rings. The minimum Gasteiger partial charge on any atom is -0.393 e. The van der Waals surface area contributed by atoms with Crippen LogP contribution in [0.25, 0.3) is 0 Å². The van der Waals surface area contributed by atoms with E-state index in [-0.39, 0.29) is 17.7 Å². The van der Waals surface area contributed by atoms with Gasteiger partial charge < -0.3 is 10.4 Å². The smallest absolute Gasteiger partial charge is 0.271 e. The van der Waals surface area contributed by atoms with Crippen LogP contribution in [-0.4, -0.2) is 22.7 Å². The van der Waals surface area contributed by atoms with Gasteiger partial charge in [0.05, 0.1) is 21.7 Å². The van der Waals surface area contributed by atoms with E-state index in [0.29, 0.717) is 11.6 Å². The fourth-order valence-corrected chi connectivity index (χ4v) is 3.04. The van der Waals surface area contributed by atoms with Crippen LogP contribution in [0, 0.1) is 23.0 Å². The third kappa shape index (κ3) is 3.41. The predicted molar refractivity (Wildman–Crippen MR) is 79.3 cm³/mol. The first-order valence-corrected chi connectivity index (χ1v) is 7.23. The Bertz CT molecular complexity index is 484. The zero-order valence-corrected chi connectivity index (χ0v) is 12.2. The van der Waals surface area contributed by atoms with E-state index >= 15 is 0 Å². The summed E-state index contributed by atoms with van der Waals surface area (Å²) in [5.41, 5.74) is 1.46. The molecule has 1 aromatic carbocycles. The van der Waals surface area contributed by atoms with Gasteiger partial charge in [0.25, 0.3) is 5.69 Å². The molecule has 5 nitrogen and oxygen atoms in total. The third-order valence-electron chi connectivity index (χ3n) is 3.89.